The fourth-order valence-electron chi connectivity index (χ4n) is 7.84. The summed E-state index contributed by atoms with van der Waals surface area (Å²) in [5.41, 5.74) is 6.12. The third kappa shape index (κ3) is 10.6. The Balaban J connectivity index is 0.000000201. The summed E-state index contributed by atoms with van der Waals surface area (Å²) in [6.07, 6.45) is 0.603. The number of carbonyl (C=O) groups is 6. The van der Waals surface area contributed by atoms with Gasteiger partial charge in [0.15, 0.2) is 0 Å². The van der Waals surface area contributed by atoms with Crippen molar-refractivity contribution in [3.63, 3.8) is 0 Å². The van der Waals surface area contributed by atoms with Crippen LogP contribution in [0.3, 0.4) is 0 Å². The Morgan fingerprint density at radius 3 is 0.855 bits per heavy atom. The molecule has 0 radical (unpaired) electrons. The molecule has 2 heterocycles. The summed E-state index contributed by atoms with van der Waals surface area (Å²) in [5.74, 6) is -2.16. The van der Waals surface area contributed by atoms with Gasteiger partial charge in [-0.05, 0) is 46.2 Å². The molecular weight excluding hydrogens is 777 g/mol. The van der Waals surface area contributed by atoms with E-state index in [0.29, 0.717) is 12.8 Å². The van der Waals surface area contributed by atoms with E-state index in [1.165, 1.54) is 19.6 Å². The van der Waals surface area contributed by atoms with Crippen molar-refractivity contribution in [3.8, 4) is 0 Å². The number of hydrogen-bond donors (Lipinski definition) is 0. The molecule has 6 aromatic carbocycles. The van der Waals surface area contributed by atoms with Crippen molar-refractivity contribution in [1.82, 2.24) is 19.6 Å². The molecule has 6 aromatic rings. The number of rotatable bonds is 14. The molecular formula is C52H48N4O6. The summed E-state index contributed by atoms with van der Waals surface area (Å²) in [6, 6.07) is 57.6. The Labute approximate surface area is 362 Å². The molecule has 2 saturated heterocycles. The Bertz CT molecular complexity index is 2210. The van der Waals surface area contributed by atoms with Gasteiger partial charge in [0.05, 0.1) is 0 Å². The first-order chi connectivity index (χ1) is 30.3. The Hall–Kier alpha value is -7.46. The number of barbiturate groups is 2. The smallest absolute Gasteiger partial charge is 0.274 e. The molecule has 0 aromatic heterocycles. The third-order valence-electron chi connectivity index (χ3n) is 11.2. The summed E-state index contributed by atoms with van der Waals surface area (Å²) in [7, 11) is 0. The molecule has 2 aliphatic heterocycles. The summed E-state index contributed by atoms with van der Waals surface area (Å²) in [5, 5.41) is 0. The molecule has 2 aliphatic rings. The Morgan fingerprint density at radius 1 is 0.323 bits per heavy atom. The first-order valence-corrected chi connectivity index (χ1v) is 20.8. The van der Waals surface area contributed by atoms with Gasteiger partial charge in [0.2, 0.25) is 23.6 Å². The van der Waals surface area contributed by atoms with Crippen LogP contribution in [0.1, 0.15) is 58.1 Å². The SMILES string of the molecule is O=C1CC(=O)N(CC(c2ccccc2)c2ccccc2)C(=O)N1CC(c1ccccc1)c1ccccc1.O=C1CC(=O)N(CCc2ccccc2)C(=O)N1CCc1ccccc1. The second kappa shape index (κ2) is 20.7. The van der Waals surface area contributed by atoms with E-state index in [4.69, 9.17) is 0 Å². The minimum absolute atomic E-state index is 0.164. The number of benzene rings is 6. The lowest BCUT2D eigenvalue weighted by Gasteiger charge is -2.36. The number of imide groups is 4. The fraction of sp³-hybridized carbons (Fsp3) is 0.192. The summed E-state index contributed by atoms with van der Waals surface area (Å²) < 4.78 is 0. The molecule has 0 atom stereocenters. The van der Waals surface area contributed by atoms with E-state index in [1.807, 2.05) is 182 Å². The number of amides is 8. The Kier molecular flexibility index (Phi) is 14.2. The predicted octanol–water partition coefficient (Wildman–Crippen LogP) is 8.48. The molecule has 8 amide bonds. The molecule has 0 aliphatic carbocycles. The first kappa shape index (κ1) is 42.7. The normalized spacial score (nSPS) is 14.4. The quantitative estimate of drug-likeness (QED) is 0.102. The van der Waals surface area contributed by atoms with Crippen molar-refractivity contribution < 1.29 is 28.8 Å². The average molecular weight is 825 g/mol. The van der Waals surface area contributed by atoms with E-state index in [-0.39, 0.29) is 50.9 Å². The standard InChI is InChI=1S/C32H28N2O3.C20H20N2O3/c35-30-21-31(36)34(23-29(26-17-9-3-10-18-26)27-19-11-4-12-20-27)32(37)33(30)22-28(24-13-5-1-6-14-24)25-15-7-2-8-16-25;23-18-15-19(24)22(14-12-17-9-5-2-6-10-17)20(25)21(18)13-11-16-7-3-1-4-8-16/h1-20,28-29H,21-23H2;1-10H,11-15H2. The first-order valence-electron chi connectivity index (χ1n) is 20.8. The monoisotopic (exact) mass is 824 g/mol. The van der Waals surface area contributed by atoms with Crippen LogP contribution in [0.25, 0.3) is 0 Å². The largest absolute Gasteiger partial charge is 0.333 e. The van der Waals surface area contributed by atoms with Gasteiger partial charge in [-0.25, -0.2) is 9.59 Å². The van der Waals surface area contributed by atoms with Crippen molar-refractivity contribution >= 4 is 35.7 Å². The predicted molar refractivity (Wildman–Crippen MR) is 237 cm³/mol. The second-order valence-electron chi connectivity index (χ2n) is 15.2. The lowest BCUT2D eigenvalue weighted by Crippen LogP contribution is -2.56. The van der Waals surface area contributed by atoms with Crippen LogP contribution in [0.15, 0.2) is 182 Å². The Morgan fingerprint density at radius 2 is 0.565 bits per heavy atom. The lowest BCUT2D eigenvalue weighted by molar-refractivity contribution is -0.144. The molecule has 312 valence electrons. The van der Waals surface area contributed by atoms with E-state index in [0.717, 1.165) is 33.4 Å². The van der Waals surface area contributed by atoms with Crippen LogP contribution < -0.4 is 0 Å². The minimum atomic E-state index is -0.560. The fourth-order valence-corrected chi connectivity index (χ4v) is 7.84. The zero-order valence-electron chi connectivity index (χ0n) is 34.4. The highest BCUT2D eigenvalue weighted by atomic mass is 16.2. The minimum Gasteiger partial charge on any atom is -0.274 e. The topological polar surface area (TPSA) is 115 Å². The van der Waals surface area contributed by atoms with Crippen LogP contribution in [-0.2, 0) is 32.0 Å². The van der Waals surface area contributed by atoms with Crippen molar-refractivity contribution in [3.05, 3.63) is 215 Å². The zero-order chi connectivity index (χ0) is 43.3. The van der Waals surface area contributed by atoms with E-state index in [9.17, 15) is 28.8 Å². The van der Waals surface area contributed by atoms with Crippen molar-refractivity contribution in [1.29, 1.82) is 0 Å². The highest BCUT2D eigenvalue weighted by Crippen LogP contribution is 2.31. The number of carbonyl (C=O) groups excluding carboxylic acids is 6. The van der Waals surface area contributed by atoms with E-state index >= 15 is 0 Å². The van der Waals surface area contributed by atoms with Gasteiger partial charge in [-0.1, -0.05) is 182 Å². The molecule has 2 fully saturated rings. The number of hydrogen-bond acceptors (Lipinski definition) is 6. The van der Waals surface area contributed by atoms with Crippen molar-refractivity contribution in [2.24, 2.45) is 0 Å². The van der Waals surface area contributed by atoms with Crippen LogP contribution >= 0.6 is 0 Å². The van der Waals surface area contributed by atoms with E-state index in [1.54, 1.807) is 0 Å². The maximum Gasteiger partial charge on any atom is 0.333 e. The van der Waals surface area contributed by atoms with Gasteiger partial charge in [-0.3, -0.25) is 38.8 Å². The van der Waals surface area contributed by atoms with E-state index < -0.39 is 35.7 Å². The second-order valence-corrected chi connectivity index (χ2v) is 15.2. The van der Waals surface area contributed by atoms with Crippen LogP contribution in [-0.4, -0.2) is 81.5 Å². The molecule has 0 saturated carbocycles. The van der Waals surface area contributed by atoms with Gasteiger partial charge in [-0.2, -0.15) is 0 Å². The third-order valence-corrected chi connectivity index (χ3v) is 11.2. The molecule has 10 nitrogen and oxygen atoms in total. The lowest BCUT2D eigenvalue weighted by atomic mass is 9.90. The highest BCUT2D eigenvalue weighted by molar-refractivity contribution is 6.14. The maximum atomic E-state index is 13.8. The van der Waals surface area contributed by atoms with Gasteiger partial charge in [0.25, 0.3) is 0 Å². The maximum absolute atomic E-state index is 13.8. The summed E-state index contributed by atoms with van der Waals surface area (Å²) in [6.45, 7) is 0.904. The highest BCUT2D eigenvalue weighted by Gasteiger charge is 2.41. The van der Waals surface area contributed by atoms with Crippen LogP contribution in [0.2, 0.25) is 0 Å². The molecule has 0 unspecified atom stereocenters. The van der Waals surface area contributed by atoms with Crippen molar-refractivity contribution in [2.75, 3.05) is 26.2 Å². The molecule has 0 spiro atoms. The van der Waals surface area contributed by atoms with Gasteiger partial charge in [0, 0.05) is 38.0 Å². The van der Waals surface area contributed by atoms with E-state index in [2.05, 4.69) is 0 Å². The van der Waals surface area contributed by atoms with Gasteiger partial charge in [0.1, 0.15) is 12.8 Å². The summed E-state index contributed by atoms with van der Waals surface area (Å²) in [4.78, 5) is 81.5. The van der Waals surface area contributed by atoms with Crippen LogP contribution in [0, 0.1) is 0 Å². The molecule has 62 heavy (non-hydrogen) atoms. The molecule has 0 N–H and O–H groups in total. The van der Waals surface area contributed by atoms with Crippen molar-refractivity contribution in [2.45, 2.75) is 37.5 Å². The van der Waals surface area contributed by atoms with Crippen LogP contribution in [0.5, 0.6) is 0 Å². The zero-order valence-corrected chi connectivity index (χ0v) is 34.4. The number of urea groups is 2. The molecule has 8 rings (SSSR count). The van der Waals surface area contributed by atoms with Crippen LogP contribution in [0.4, 0.5) is 9.59 Å². The average Bonchev–Trinajstić information content (AvgIpc) is 3.31. The molecule has 10 heteroatoms. The number of nitrogens with zero attached hydrogens (tertiary/aromatic N) is 4. The van der Waals surface area contributed by atoms with Gasteiger partial charge < -0.3 is 0 Å². The van der Waals surface area contributed by atoms with Gasteiger partial charge >= 0.3 is 12.1 Å². The van der Waals surface area contributed by atoms with Gasteiger partial charge in [-0.15, -0.1) is 0 Å². The molecule has 0 bridgehead atoms. The summed E-state index contributed by atoms with van der Waals surface area (Å²) >= 11 is 0.